The third kappa shape index (κ3) is 2.44. The van der Waals surface area contributed by atoms with E-state index in [9.17, 15) is 0 Å². The molecule has 2 N–H and O–H groups in total. The second kappa shape index (κ2) is 4.80. The van der Waals surface area contributed by atoms with Crippen molar-refractivity contribution in [2.24, 2.45) is 5.73 Å². The fourth-order valence-corrected chi connectivity index (χ4v) is 2.12. The molecule has 0 spiro atoms. The largest absolute Gasteiger partial charge is 0.491 e. The van der Waals surface area contributed by atoms with Crippen molar-refractivity contribution in [1.29, 1.82) is 0 Å². The number of hydrogen-bond donors (Lipinski definition) is 1. The zero-order chi connectivity index (χ0) is 12.4. The molecule has 3 heteroatoms. The molecular weight excluding hydrogens is 212 g/mol. The molecule has 0 fully saturated rings. The number of nitrogens with two attached hydrogens (primary N) is 1. The Kier molecular flexibility index (Phi) is 3.38. The van der Waals surface area contributed by atoms with Crippen molar-refractivity contribution in [1.82, 2.24) is 4.57 Å². The normalized spacial score (nSPS) is 11.4. The van der Waals surface area contributed by atoms with Gasteiger partial charge in [0, 0.05) is 30.2 Å². The predicted octanol–water partition coefficient (Wildman–Crippen LogP) is 2.70. The van der Waals surface area contributed by atoms with Gasteiger partial charge in [-0.2, -0.15) is 0 Å². The van der Waals surface area contributed by atoms with Gasteiger partial charge in [-0.3, -0.25) is 0 Å². The number of nitrogens with zero attached hydrogens (tertiary/aromatic N) is 1. The van der Waals surface area contributed by atoms with E-state index in [-0.39, 0.29) is 6.10 Å². The van der Waals surface area contributed by atoms with E-state index in [4.69, 9.17) is 10.5 Å². The number of fused-ring (bicyclic) bond motifs is 1. The molecule has 0 saturated heterocycles. The maximum Gasteiger partial charge on any atom is 0.120 e. The highest BCUT2D eigenvalue weighted by Gasteiger charge is 2.07. The molecule has 1 aromatic carbocycles. The number of ether oxygens (including phenoxy) is 1. The molecule has 0 amide bonds. The summed E-state index contributed by atoms with van der Waals surface area (Å²) in [6.07, 6.45) is 2.36. The third-order valence-corrected chi connectivity index (χ3v) is 2.79. The van der Waals surface area contributed by atoms with Crippen molar-refractivity contribution >= 4 is 10.9 Å². The van der Waals surface area contributed by atoms with Gasteiger partial charge in [0.25, 0.3) is 0 Å². The van der Waals surface area contributed by atoms with Crippen molar-refractivity contribution in [3.05, 3.63) is 30.0 Å². The Morgan fingerprint density at radius 1 is 1.35 bits per heavy atom. The van der Waals surface area contributed by atoms with Gasteiger partial charge in [0.2, 0.25) is 0 Å². The summed E-state index contributed by atoms with van der Waals surface area (Å²) in [5.74, 6) is 0.932. The standard InChI is InChI=1S/C14H20N2O/c1-10(2)17-12-4-5-14-13(8-12)11(3)9-16(14)7-6-15/h4-5,8-10H,6-7,15H2,1-3H3. The van der Waals surface area contributed by atoms with Crippen LogP contribution >= 0.6 is 0 Å². The maximum atomic E-state index is 5.71. The molecule has 0 atom stereocenters. The van der Waals surface area contributed by atoms with Crippen molar-refractivity contribution in [3.8, 4) is 5.75 Å². The molecule has 0 aliphatic carbocycles. The summed E-state index contributed by atoms with van der Waals surface area (Å²) in [5, 5.41) is 1.25. The summed E-state index contributed by atoms with van der Waals surface area (Å²) in [5.41, 5.74) is 8.10. The van der Waals surface area contributed by atoms with Crippen LogP contribution in [0.15, 0.2) is 24.4 Å². The molecule has 0 radical (unpaired) electrons. The van der Waals surface area contributed by atoms with Gasteiger partial charge in [0.05, 0.1) is 6.10 Å². The van der Waals surface area contributed by atoms with E-state index < -0.39 is 0 Å². The van der Waals surface area contributed by atoms with Crippen molar-refractivity contribution in [3.63, 3.8) is 0 Å². The van der Waals surface area contributed by atoms with Gasteiger partial charge in [-0.05, 0) is 44.5 Å². The molecule has 17 heavy (non-hydrogen) atoms. The molecule has 0 aliphatic rings. The van der Waals surface area contributed by atoms with E-state index >= 15 is 0 Å². The highest BCUT2D eigenvalue weighted by atomic mass is 16.5. The van der Waals surface area contributed by atoms with Gasteiger partial charge in [0.15, 0.2) is 0 Å². The van der Waals surface area contributed by atoms with Crippen LogP contribution in [0.4, 0.5) is 0 Å². The quantitative estimate of drug-likeness (QED) is 0.880. The van der Waals surface area contributed by atoms with E-state index in [0.717, 1.165) is 12.3 Å². The summed E-state index contributed by atoms with van der Waals surface area (Å²) in [6.45, 7) is 7.71. The monoisotopic (exact) mass is 232 g/mol. The molecule has 2 rings (SSSR count). The molecule has 92 valence electrons. The van der Waals surface area contributed by atoms with E-state index in [2.05, 4.69) is 29.8 Å². The first-order chi connectivity index (χ1) is 8.11. The number of hydrogen-bond acceptors (Lipinski definition) is 2. The molecule has 2 aromatic rings. The first-order valence-corrected chi connectivity index (χ1v) is 6.08. The SMILES string of the molecule is Cc1cn(CCN)c2ccc(OC(C)C)cc12. The Hall–Kier alpha value is -1.48. The van der Waals surface area contributed by atoms with Gasteiger partial charge in [-0.15, -0.1) is 0 Å². The van der Waals surface area contributed by atoms with Crippen LogP contribution in [0.5, 0.6) is 5.75 Å². The molecule has 3 nitrogen and oxygen atoms in total. The Morgan fingerprint density at radius 2 is 2.12 bits per heavy atom. The van der Waals surface area contributed by atoms with Crippen LogP contribution in [0.1, 0.15) is 19.4 Å². The smallest absolute Gasteiger partial charge is 0.120 e. The van der Waals surface area contributed by atoms with Crippen LogP contribution in [-0.4, -0.2) is 17.2 Å². The second-order valence-corrected chi connectivity index (χ2v) is 4.64. The lowest BCUT2D eigenvalue weighted by atomic mass is 10.2. The topological polar surface area (TPSA) is 40.2 Å². The van der Waals surface area contributed by atoms with Gasteiger partial charge >= 0.3 is 0 Å². The van der Waals surface area contributed by atoms with Crippen LogP contribution in [0.3, 0.4) is 0 Å². The lowest BCUT2D eigenvalue weighted by molar-refractivity contribution is 0.243. The van der Waals surface area contributed by atoms with Crippen LogP contribution in [0, 0.1) is 6.92 Å². The summed E-state index contributed by atoms with van der Waals surface area (Å²) in [6, 6.07) is 6.24. The van der Waals surface area contributed by atoms with Gasteiger partial charge < -0.3 is 15.0 Å². The Morgan fingerprint density at radius 3 is 2.76 bits per heavy atom. The first kappa shape index (κ1) is 12.0. The maximum absolute atomic E-state index is 5.71. The molecule has 0 unspecified atom stereocenters. The summed E-state index contributed by atoms with van der Waals surface area (Å²) >= 11 is 0. The number of aromatic nitrogens is 1. The average molecular weight is 232 g/mol. The summed E-state index contributed by atoms with van der Waals surface area (Å²) in [7, 11) is 0. The number of benzene rings is 1. The van der Waals surface area contributed by atoms with Crippen LogP contribution in [0.2, 0.25) is 0 Å². The van der Waals surface area contributed by atoms with Crippen molar-refractivity contribution in [2.45, 2.75) is 33.4 Å². The third-order valence-electron chi connectivity index (χ3n) is 2.79. The van der Waals surface area contributed by atoms with Gasteiger partial charge in [-0.25, -0.2) is 0 Å². The molecule has 1 heterocycles. The minimum absolute atomic E-state index is 0.207. The van der Waals surface area contributed by atoms with Crippen LogP contribution in [0.25, 0.3) is 10.9 Å². The van der Waals surface area contributed by atoms with Crippen molar-refractivity contribution in [2.75, 3.05) is 6.54 Å². The molecular formula is C14H20N2O. The zero-order valence-electron chi connectivity index (χ0n) is 10.7. The van der Waals surface area contributed by atoms with Gasteiger partial charge in [0.1, 0.15) is 5.75 Å². The zero-order valence-corrected chi connectivity index (χ0v) is 10.7. The molecule has 0 aliphatic heterocycles. The molecule has 0 bridgehead atoms. The Balaban J connectivity index is 2.44. The van der Waals surface area contributed by atoms with E-state index in [1.54, 1.807) is 0 Å². The number of aryl methyl sites for hydroxylation is 1. The summed E-state index contributed by atoms with van der Waals surface area (Å²) < 4.78 is 7.91. The lowest BCUT2D eigenvalue weighted by Gasteiger charge is -2.10. The van der Waals surface area contributed by atoms with E-state index in [0.29, 0.717) is 6.54 Å². The van der Waals surface area contributed by atoms with Crippen LogP contribution < -0.4 is 10.5 Å². The highest BCUT2D eigenvalue weighted by molar-refractivity contribution is 5.85. The van der Waals surface area contributed by atoms with E-state index in [1.165, 1.54) is 16.5 Å². The lowest BCUT2D eigenvalue weighted by Crippen LogP contribution is -2.08. The summed E-state index contributed by atoms with van der Waals surface area (Å²) in [4.78, 5) is 0. The Labute approximate surface area is 102 Å². The van der Waals surface area contributed by atoms with Crippen LogP contribution in [-0.2, 0) is 6.54 Å². The van der Waals surface area contributed by atoms with Crippen molar-refractivity contribution < 1.29 is 4.74 Å². The average Bonchev–Trinajstić information content (AvgIpc) is 2.56. The van der Waals surface area contributed by atoms with E-state index in [1.807, 2.05) is 19.9 Å². The first-order valence-electron chi connectivity index (χ1n) is 6.08. The fraction of sp³-hybridized carbons (Fsp3) is 0.429. The van der Waals surface area contributed by atoms with Gasteiger partial charge in [-0.1, -0.05) is 0 Å². The fourth-order valence-electron chi connectivity index (χ4n) is 2.12. The minimum atomic E-state index is 0.207. The minimum Gasteiger partial charge on any atom is -0.491 e. The second-order valence-electron chi connectivity index (χ2n) is 4.64. The Bertz CT molecular complexity index is 514. The molecule has 1 aromatic heterocycles. The highest BCUT2D eigenvalue weighted by Crippen LogP contribution is 2.26. The molecule has 0 saturated carbocycles. The predicted molar refractivity (Wildman–Crippen MR) is 71.5 cm³/mol. The number of rotatable bonds is 4.